The maximum atomic E-state index is 13.3. The van der Waals surface area contributed by atoms with Crippen LogP contribution in [-0.2, 0) is 17.9 Å². The van der Waals surface area contributed by atoms with Crippen molar-refractivity contribution in [2.45, 2.75) is 13.2 Å². The number of hydrazine groups is 1. The van der Waals surface area contributed by atoms with E-state index in [1.807, 2.05) is 11.5 Å². The molecule has 134 valence electrons. The van der Waals surface area contributed by atoms with Crippen LogP contribution in [0, 0.1) is 5.82 Å². The zero-order valence-electron chi connectivity index (χ0n) is 13.6. The molecule has 0 saturated heterocycles. The molecular weight excluding hydrogens is 359 g/mol. The van der Waals surface area contributed by atoms with Gasteiger partial charge in [0.2, 0.25) is 0 Å². The average Bonchev–Trinajstić information content (AvgIpc) is 2.98. The predicted octanol–water partition coefficient (Wildman–Crippen LogP) is 2.37. The van der Waals surface area contributed by atoms with Crippen molar-refractivity contribution in [1.82, 2.24) is 15.2 Å². The second-order valence-electron chi connectivity index (χ2n) is 5.63. The first kappa shape index (κ1) is 18.1. The Kier molecular flexibility index (Phi) is 5.32. The van der Waals surface area contributed by atoms with E-state index >= 15 is 0 Å². The van der Waals surface area contributed by atoms with Crippen LogP contribution in [0.3, 0.4) is 0 Å². The van der Waals surface area contributed by atoms with Crippen LogP contribution in [0.5, 0.6) is 0 Å². The SMILES string of the molecule is NNC(=O)C=Cc1nn(Cc2ccc(F)cc2Cl)c2cc(CO)ccc12. The number of amides is 1. The van der Waals surface area contributed by atoms with Gasteiger partial charge in [-0.2, -0.15) is 5.10 Å². The lowest BCUT2D eigenvalue weighted by atomic mass is 10.1. The zero-order valence-corrected chi connectivity index (χ0v) is 14.4. The Morgan fingerprint density at radius 2 is 2.15 bits per heavy atom. The Morgan fingerprint density at radius 3 is 2.85 bits per heavy atom. The number of aromatic nitrogens is 2. The van der Waals surface area contributed by atoms with Gasteiger partial charge in [-0.15, -0.1) is 0 Å². The van der Waals surface area contributed by atoms with Gasteiger partial charge in [0.1, 0.15) is 5.82 Å². The van der Waals surface area contributed by atoms with E-state index in [0.29, 0.717) is 22.8 Å². The number of hydrogen-bond acceptors (Lipinski definition) is 4. The van der Waals surface area contributed by atoms with Crippen LogP contribution in [0.4, 0.5) is 4.39 Å². The third-order valence-corrected chi connectivity index (χ3v) is 4.25. The van der Waals surface area contributed by atoms with Crippen LogP contribution >= 0.6 is 11.6 Å². The molecule has 0 atom stereocenters. The summed E-state index contributed by atoms with van der Waals surface area (Å²) in [6, 6.07) is 9.57. The highest BCUT2D eigenvalue weighted by molar-refractivity contribution is 6.31. The molecule has 0 fully saturated rings. The van der Waals surface area contributed by atoms with E-state index in [9.17, 15) is 14.3 Å². The first-order chi connectivity index (χ1) is 12.5. The van der Waals surface area contributed by atoms with Gasteiger partial charge in [-0.1, -0.05) is 29.8 Å². The minimum atomic E-state index is -0.457. The molecule has 26 heavy (non-hydrogen) atoms. The number of aliphatic hydroxyl groups excluding tert-OH is 1. The molecular formula is C18H16ClFN4O2. The van der Waals surface area contributed by atoms with E-state index in [-0.39, 0.29) is 6.61 Å². The maximum absolute atomic E-state index is 13.3. The molecule has 1 amide bonds. The highest BCUT2D eigenvalue weighted by atomic mass is 35.5. The zero-order chi connectivity index (χ0) is 18.7. The van der Waals surface area contributed by atoms with Gasteiger partial charge in [0, 0.05) is 16.5 Å². The molecule has 0 saturated carbocycles. The standard InChI is InChI=1S/C18H16ClFN4O2/c19-15-8-13(20)3-2-12(15)9-24-17-7-11(10-25)1-4-14(17)16(23-24)5-6-18(26)22-21/h1-8,25H,9-10,21H2,(H,22,26). The summed E-state index contributed by atoms with van der Waals surface area (Å²) in [4.78, 5) is 11.4. The lowest BCUT2D eigenvalue weighted by Gasteiger charge is -2.07. The first-order valence-corrected chi connectivity index (χ1v) is 8.12. The lowest BCUT2D eigenvalue weighted by molar-refractivity contribution is -0.116. The fourth-order valence-corrected chi connectivity index (χ4v) is 2.83. The molecule has 6 nitrogen and oxygen atoms in total. The van der Waals surface area contributed by atoms with Crippen LogP contribution in [0.1, 0.15) is 16.8 Å². The van der Waals surface area contributed by atoms with Crippen molar-refractivity contribution in [2.24, 2.45) is 5.84 Å². The van der Waals surface area contributed by atoms with Crippen molar-refractivity contribution in [3.8, 4) is 0 Å². The predicted molar refractivity (Wildman–Crippen MR) is 97.5 cm³/mol. The normalized spacial score (nSPS) is 11.4. The first-order valence-electron chi connectivity index (χ1n) is 7.74. The fourth-order valence-electron chi connectivity index (χ4n) is 2.60. The summed E-state index contributed by atoms with van der Waals surface area (Å²) < 4.78 is 14.9. The molecule has 8 heteroatoms. The number of rotatable bonds is 5. The van der Waals surface area contributed by atoms with Gasteiger partial charge in [-0.05, 0) is 35.4 Å². The van der Waals surface area contributed by atoms with Crippen molar-refractivity contribution in [1.29, 1.82) is 0 Å². The summed E-state index contributed by atoms with van der Waals surface area (Å²) in [6.45, 7) is 0.195. The molecule has 0 aliphatic carbocycles. The quantitative estimate of drug-likeness (QED) is 0.276. The smallest absolute Gasteiger partial charge is 0.257 e. The molecule has 3 aromatic rings. The molecule has 1 heterocycles. The van der Waals surface area contributed by atoms with Crippen LogP contribution in [0.2, 0.25) is 5.02 Å². The number of nitrogens with zero attached hydrogens (tertiary/aromatic N) is 2. The summed E-state index contributed by atoms with van der Waals surface area (Å²) >= 11 is 6.12. The Hall–Kier alpha value is -2.74. The van der Waals surface area contributed by atoms with E-state index in [1.165, 1.54) is 18.2 Å². The molecule has 0 aliphatic rings. The molecule has 1 aromatic heterocycles. The van der Waals surface area contributed by atoms with Gasteiger partial charge in [0.05, 0.1) is 24.4 Å². The van der Waals surface area contributed by atoms with Gasteiger partial charge >= 0.3 is 0 Å². The molecule has 0 spiro atoms. The minimum Gasteiger partial charge on any atom is -0.392 e. The van der Waals surface area contributed by atoms with Crippen LogP contribution in [-0.4, -0.2) is 20.8 Å². The average molecular weight is 375 g/mol. The maximum Gasteiger partial charge on any atom is 0.257 e. The highest BCUT2D eigenvalue weighted by Crippen LogP contribution is 2.25. The monoisotopic (exact) mass is 374 g/mol. The number of carbonyl (C=O) groups is 1. The van der Waals surface area contributed by atoms with Crippen LogP contribution in [0.15, 0.2) is 42.5 Å². The van der Waals surface area contributed by atoms with Crippen molar-refractivity contribution in [2.75, 3.05) is 0 Å². The minimum absolute atomic E-state index is 0.112. The number of hydrogen-bond donors (Lipinski definition) is 3. The van der Waals surface area contributed by atoms with Crippen molar-refractivity contribution in [3.63, 3.8) is 0 Å². The number of nitrogens with two attached hydrogens (primary N) is 1. The lowest BCUT2D eigenvalue weighted by Crippen LogP contribution is -2.27. The largest absolute Gasteiger partial charge is 0.392 e. The number of aliphatic hydroxyl groups is 1. The van der Waals surface area contributed by atoms with Crippen molar-refractivity contribution < 1.29 is 14.3 Å². The molecule has 0 unspecified atom stereocenters. The van der Waals surface area contributed by atoms with E-state index in [1.54, 1.807) is 29.0 Å². The second-order valence-corrected chi connectivity index (χ2v) is 6.04. The number of halogens is 2. The fraction of sp³-hybridized carbons (Fsp3) is 0.111. The Balaban J connectivity index is 2.08. The van der Waals surface area contributed by atoms with E-state index in [4.69, 9.17) is 17.4 Å². The van der Waals surface area contributed by atoms with Crippen LogP contribution < -0.4 is 11.3 Å². The molecule has 0 bridgehead atoms. The van der Waals surface area contributed by atoms with Gasteiger partial charge in [0.25, 0.3) is 5.91 Å². The number of fused-ring (bicyclic) bond motifs is 1. The van der Waals surface area contributed by atoms with Gasteiger partial charge < -0.3 is 5.11 Å². The highest BCUT2D eigenvalue weighted by Gasteiger charge is 2.12. The summed E-state index contributed by atoms with van der Waals surface area (Å²) in [5.74, 6) is 4.20. The Bertz CT molecular complexity index is 1000. The third-order valence-electron chi connectivity index (χ3n) is 3.90. The topological polar surface area (TPSA) is 93.2 Å². The van der Waals surface area contributed by atoms with E-state index in [0.717, 1.165) is 16.5 Å². The second kappa shape index (κ2) is 7.65. The van der Waals surface area contributed by atoms with E-state index in [2.05, 4.69) is 5.10 Å². The molecule has 3 rings (SSSR count). The molecule has 0 radical (unpaired) electrons. The van der Waals surface area contributed by atoms with Gasteiger partial charge in [-0.3, -0.25) is 14.9 Å². The molecule has 4 N–H and O–H groups in total. The Labute approximate surface area is 153 Å². The van der Waals surface area contributed by atoms with Crippen molar-refractivity contribution >= 4 is 34.5 Å². The summed E-state index contributed by atoms with van der Waals surface area (Å²) in [5.41, 5.74) is 4.75. The molecule has 0 aliphatic heterocycles. The summed E-state index contributed by atoms with van der Waals surface area (Å²) in [6.07, 6.45) is 2.82. The number of benzene rings is 2. The third kappa shape index (κ3) is 3.75. The Morgan fingerprint density at radius 1 is 1.35 bits per heavy atom. The molecule has 2 aromatic carbocycles. The summed E-state index contributed by atoms with van der Waals surface area (Å²) in [5, 5.41) is 15.0. The van der Waals surface area contributed by atoms with Crippen molar-refractivity contribution in [3.05, 3.63) is 70.1 Å². The van der Waals surface area contributed by atoms with Gasteiger partial charge in [-0.25, -0.2) is 10.2 Å². The van der Waals surface area contributed by atoms with E-state index < -0.39 is 11.7 Å². The van der Waals surface area contributed by atoms with Crippen LogP contribution in [0.25, 0.3) is 17.0 Å². The van der Waals surface area contributed by atoms with Gasteiger partial charge in [0.15, 0.2) is 0 Å². The summed E-state index contributed by atoms with van der Waals surface area (Å²) in [7, 11) is 0. The number of nitrogens with one attached hydrogen (secondary N) is 1. The number of carbonyl (C=O) groups excluding carboxylic acids is 1.